The van der Waals surface area contributed by atoms with Crippen molar-refractivity contribution in [2.24, 2.45) is 5.10 Å². The maximum absolute atomic E-state index is 12.2. The van der Waals surface area contributed by atoms with Gasteiger partial charge < -0.3 is 10.1 Å². The van der Waals surface area contributed by atoms with Gasteiger partial charge in [0.05, 0.1) is 12.8 Å². The minimum Gasteiger partial charge on any atom is -0.493 e. The number of amides is 2. The van der Waals surface area contributed by atoms with Crippen LogP contribution in [0.2, 0.25) is 0 Å². The number of nitrogens with one attached hydrogen (secondary N) is 2. The van der Waals surface area contributed by atoms with Crippen LogP contribution in [0.3, 0.4) is 0 Å². The number of carbonyl (C=O) groups is 2. The van der Waals surface area contributed by atoms with Gasteiger partial charge in [-0.1, -0.05) is 25.5 Å². The van der Waals surface area contributed by atoms with Gasteiger partial charge in [0.2, 0.25) is 5.91 Å². The summed E-state index contributed by atoms with van der Waals surface area (Å²) in [6, 6.07) is 14.2. The number of nitrogens with zero attached hydrogens (tertiary/aromatic N) is 1. The van der Waals surface area contributed by atoms with Crippen molar-refractivity contribution in [1.29, 1.82) is 0 Å². The topological polar surface area (TPSA) is 79.8 Å². The quantitative estimate of drug-likeness (QED) is 0.520. The van der Waals surface area contributed by atoms with E-state index in [-0.39, 0.29) is 11.8 Å². The van der Waals surface area contributed by atoms with Crippen molar-refractivity contribution in [1.82, 2.24) is 5.43 Å². The number of hydrogen-bond donors (Lipinski definition) is 2. The van der Waals surface area contributed by atoms with Crippen LogP contribution in [0.25, 0.3) is 0 Å². The van der Waals surface area contributed by atoms with Gasteiger partial charge in [0.1, 0.15) is 5.75 Å². The van der Waals surface area contributed by atoms with Crippen LogP contribution in [0.1, 0.15) is 49.0 Å². The summed E-state index contributed by atoms with van der Waals surface area (Å²) in [5, 5.41) is 6.80. The number of carbonyl (C=O) groups excluding carboxylic acids is 2. The molecule has 0 unspecified atom stereocenters. The molecule has 27 heavy (non-hydrogen) atoms. The summed E-state index contributed by atoms with van der Waals surface area (Å²) < 4.78 is 5.51. The van der Waals surface area contributed by atoms with E-state index in [0.29, 0.717) is 30.0 Å². The lowest BCUT2D eigenvalue weighted by Gasteiger charge is -2.07. The molecule has 0 aliphatic heterocycles. The summed E-state index contributed by atoms with van der Waals surface area (Å²) >= 11 is 0. The normalized spacial score (nSPS) is 10.6. The fraction of sp³-hybridized carbons (Fsp3) is 0.286. The lowest BCUT2D eigenvalue weighted by Crippen LogP contribution is -2.18. The molecule has 0 aromatic heterocycles. The zero-order valence-corrected chi connectivity index (χ0v) is 15.7. The van der Waals surface area contributed by atoms with Crippen LogP contribution in [-0.2, 0) is 4.79 Å². The van der Waals surface area contributed by atoms with Crippen molar-refractivity contribution in [2.75, 3.05) is 11.9 Å². The molecule has 0 fully saturated rings. The predicted octanol–water partition coefficient (Wildman–Crippen LogP) is 3.98. The summed E-state index contributed by atoms with van der Waals surface area (Å²) in [6.45, 7) is 4.50. The second-order valence-electron chi connectivity index (χ2n) is 5.90. The summed E-state index contributed by atoms with van der Waals surface area (Å²) in [5.41, 5.74) is 4.40. The van der Waals surface area contributed by atoms with E-state index in [2.05, 4.69) is 15.8 Å². The minimum absolute atomic E-state index is 0.0217. The molecule has 0 saturated carbocycles. The van der Waals surface area contributed by atoms with E-state index < -0.39 is 0 Å². The Balaban J connectivity index is 1.91. The number of rotatable bonds is 9. The fourth-order valence-electron chi connectivity index (χ4n) is 2.36. The fourth-order valence-corrected chi connectivity index (χ4v) is 2.36. The minimum atomic E-state index is -0.330. The van der Waals surface area contributed by atoms with E-state index in [0.717, 1.165) is 18.4 Å². The molecule has 2 aromatic carbocycles. The lowest BCUT2D eigenvalue weighted by atomic mass is 10.2. The summed E-state index contributed by atoms with van der Waals surface area (Å²) in [7, 11) is 0. The highest BCUT2D eigenvalue weighted by atomic mass is 16.5. The molecule has 6 nitrogen and oxygen atoms in total. The third kappa shape index (κ3) is 6.58. The van der Waals surface area contributed by atoms with Crippen LogP contribution in [0, 0.1) is 0 Å². The number of ether oxygens (including phenoxy) is 1. The van der Waals surface area contributed by atoms with Gasteiger partial charge in [-0.2, -0.15) is 5.10 Å². The SMILES string of the molecule is CCCCC(=O)Nc1ccc(C(=O)NN=Cc2ccccc2OCC)cc1. The lowest BCUT2D eigenvalue weighted by molar-refractivity contribution is -0.116. The number of hydrazone groups is 1. The maximum Gasteiger partial charge on any atom is 0.271 e. The first kappa shape index (κ1) is 20.2. The van der Waals surface area contributed by atoms with Gasteiger partial charge in [-0.3, -0.25) is 9.59 Å². The zero-order chi connectivity index (χ0) is 19.5. The molecule has 0 saturated heterocycles. The molecule has 142 valence electrons. The van der Waals surface area contributed by atoms with E-state index in [9.17, 15) is 9.59 Å². The third-order valence-corrected chi connectivity index (χ3v) is 3.78. The van der Waals surface area contributed by atoms with Crippen LogP contribution >= 0.6 is 0 Å². The molecule has 2 rings (SSSR count). The molecule has 0 atom stereocenters. The number of para-hydroxylation sites is 1. The van der Waals surface area contributed by atoms with Gasteiger partial charge in [-0.15, -0.1) is 0 Å². The average molecular weight is 367 g/mol. The Kier molecular flexibility index (Phi) is 8.03. The summed E-state index contributed by atoms with van der Waals surface area (Å²) in [4.78, 5) is 23.9. The molecule has 2 amide bonds. The number of unbranched alkanes of at least 4 members (excludes halogenated alkanes) is 1. The zero-order valence-electron chi connectivity index (χ0n) is 15.7. The van der Waals surface area contributed by atoms with Gasteiger partial charge >= 0.3 is 0 Å². The van der Waals surface area contributed by atoms with Crippen molar-refractivity contribution in [3.8, 4) is 5.75 Å². The highest BCUT2D eigenvalue weighted by Crippen LogP contribution is 2.15. The summed E-state index contributed by atoms with van der Waals surface area (Å²) in [5.74, 6) is 0.358. The Hall–Kier alpha value is -3.15. The first-order valence-corrected chi connectivity index (χ1v) is 9.09. The molecule has 0 bridgehead atoms. The second kappa shape index (κ2) is 10.8. The Morgan fingerprint density at radius 2 is 1.81 bits per heavy atom. The van der Waals surface area contributed by atoms with E-state index in [1.807, 2.05) is 38.1 Å². The monoisotopic (exact) mass is 367 g/mol. The molecule has 6 heteroatoms. The number of hydrogen-bond acceptors (Lipinski definition) is 4. The number of benzene rings is 2. The van der Waals surface area contributed by atoms with Gasteiger partial charge in [-0.05, 0) is 49.7 Å². The molecule has 0 radical (unpaired) electrons. The van der Waals surface area contributed by atoms with Gasteiger partial charge in [0, 0.05) is 23.2 Å². The maximum atomic E-state index is 12.2. The molecule has 0 aliphatic rings. The molecular formula is C21H25N3O3. The van der Waals surface area contributed by atoms with Crippen LogP contribution in [0.4, 0.5) is 5.69 Å². The first-order valence-electron chi connectivity index (χ1n) is 9.09. The van der Waals surface area contributed by atoms with Crippen LogP contribution < -0.4 is 15.5 Å². The summed E-state index contributed by atoms with van der Waals surface area (Å²) in [6.07, 6.45) is 3.88. The largest absolute Gasteiger partial charge is 0.493 e. The van der Waals surface area contributed by atoms with Crippen molar-refractivity contribution < 1.29 is 14.3 Å². The number of anilines is 1. The van der Waals surface area contributed by atoms with Crippen LogP contribution in [-0.4, -0.2) is 24.6 Å². The van der Waals surface area contributed by atoms with Crippen molar-refractivity contribution in [3.63, 3.8) is 0 Å². The highest BCUT2D eigenvalue weighted by molar-refractivity contribution is 5.96. The van der Waals surface area contributed by atoms with Gasteiger partial charge in [0.15, 0.2) is 0 Å². The molecule has 2 N–H and O–H groups in total. The standard InChI is InChI=1S/C21H25N3O3/c1-3-5-10-20(25)23-18-13-11-16(12-14-18)21(26)24-22-15-17-8-6-7-9-19(17)27-4-2/h6-9,11-15H,3-5,10H2,1-2H3,(H,23,25)(H,24,26). The second-order valence-corrected chi connectivity index (χ2v) is 5.90. The Labute approximate surface area is 159 Å². The predicted molar refractivity (Wildman–Crippen MR) is 107 cm³/mol. The van der Waals surface area contributed by atoms with Gasteiger partial charge in [-0.25, -0.2) is 5.43 Å². The smallest absolute Gasteiger partial charge is 0.271 e. The Morgan fingerprint density at radius 3 is 2.52 bits per heavy atom. The van der Waals surface area contributed by atoms with E-state index in [1.54, 1.807) is 30.5 Å². The molecule has 0 heterocycles. The van der Waals surface area contributed by atoms with Crippen molar-refractivity contribution in [2.45, 2.75) is 33.1 Å². The first-order chi connectivity index (χ1) is 13.1. The van der Waals surface area contributed by atoms with Crippen LogP contribution in [0.5, 0.6) is 5.75 Å². The Bertz CT molecular complexity index is 786. The van der Waals surface area contributed by atoms with Crippen molar-refractivity contribution in [3.05, 3.63) is 59.7 Å². The van der Waals surface area contributed by atoms with Crippen LogP contribution in [0.15, 0.2) is 53.6 Å². The van der Waals surface area contributed by atoms with E-state index >= 15 is 0 Å². The average Bonchev–Trinajstić information content (AvgIpc) is 2.68. The van der Waals surface area contributed by atoms with Crippen molar-refractivity contribution >= 4 is 23.7 Å². The van der Waals surface area contributed by atoms with E-state index in [1.165, 1.54) is 0 Å². The molecule has 0 spiro atoms. The Morgan fingerprint density at radius 1 is 1.07 bits per heavy atom. The van der Waals surface area contributed by atoms with Gasteiger partial charge in [0.25, 0.3) is 5.91 Å². The third-order valence-electron chi connectivity index (χ3n) is 3.78. The molecular weight excluding hydrogens is 342 g/mol. The molecule has 2 aromatic rings. The van der Waals surface area contributed by atoms with E-state index in [4.69, 9.17) is 4.74 Å². The highest BCUT2D eigenvalue weighted by Gasteiger charge is 2.06. The molecule has 0 aliphatic carbocycles.